The van der Waals surface area contributed by atoms with Gasteiger partial charge in [0.2, 0.25) is 0 Å². The summed E-state index contributed by atoms with van der Waals surface area (Å²) in [5.74, 6) is 1.12. The lowest BCUT2D eigenvalue weighted by atomic mass is 9.68. The maximum absolute atomic E-state index is 4.85. The number of aromatic nitrogens is 2. The smallest absolute Gasteiger partial charge is 0.193 e. The van der Waals surface area contributed by atoms with Crippen LogP contribution in [0.5, 0.6) is 0 Å². The van der Waals surface area contributed by atoms with E-state index in [2.05, 4.69) is 28.4 Å². The van der Waals surface area contributed by atoms with Crippen LogP contribution in [0.15, 0.2) is 17.4 Å². The number of hydrogen-bond donors (Lipinski definition) is 1. The third-order valence-electron chi connectivity index (χ3n) is 5.13. The molecule has 2 fully saturated rings. The molecule has 1 aromatic rings. The van der Waals surface area contributed by atoms with Crippen molar-refractivity contribution < 1.29 is 0 Å². The number of aryl methyl sites for hydroxylation is 2. The van der Waals surface area contributed by atoms with Crippen molar-refractivity contribution in [2.45, 2.75) is 45.4 Å². The van der Waals surface area contributed by atoms with Crippen LogP contribution in [-0.2, 0) is 13.5 Å². The molecule has 0 atom stereocenters. The second-order valence-electron chi connectivity index (χ2n) is 6.89. The molecule has 2 aliphatic rings. The fraction of sp³-hybridized carbons (Fsp3) is 0.765. The molecule has 1 N–H and O–H groups in total. The molecule has 0 unspecified atom stereocenters. The number of hydrogen-bond acceptors (Lipinski definition) is 2. The maximum atomic E-state index is 4.85. The summed E-state index contributed by atoms with van der Waals surface area (Å²) in [5, 5.41) is 7.69. The van der Waals surface area contributed by atoms with Crippen molar-refractivity contribution in [3.05, 3.63) is 18.0 Å². The Morgan fingerprint density at radius 2 is 2.22 bits per heavy atom. The lowest BCUT2D eigenvalue weighted by molar-refractivity contribution is 0.151. The Balaban J connectivity index is 0.00000192. The van der Waals surface area contributed by atoms with Gasteiger partial charge in [-0.15, -0.1) is 24.0 Å². The Morgan fingerprint density at radius 1 is 1.39 bits per heavy atom. The summed E-state index contributed by atoms with van der Waals surface area (Å²) in [7, 11) is 1.97. The SMILES string of the molecule is CCNC(=NCCCc1cnn(C)c1)N1CCC2(CCC2)C1.I. The molecule has 0 aromatic carbocycles. The van der Waals surface area contributed by atoms with E-state index in [1.165, 1.54) is 44.3 Å². The highest BCUT2D eigenvalue weighted by molar-refractivity contribution is 14.0. The number of nitrogens with zero attached hydrogens (tertiary/aromatic N) is 4. The van der Waals surface area contributed by atoms with Gasteiger partial charge in [0.1, 0.15) is 0 Å². The maximum Gasteiger partial charge on any atom is 0.193 e. The van der Waals surface area contributed by atoms with E-state index < -0.39 is 0 Å². The lowest BCUT2D eigenvalue weighted by Crippen LogP contribution is -2.42. The Morgan fingerprint density at radius 3 is 2.78 bits per heavy atom. The van der Waals surface area contributed by atoms with Crippen molar-refractivity contribution in [2.24, 2.45) is 17.5 Å². The summed E-state index contributed by atoms with van der Waals surface area (Å²) >= 11 is 0. The Kier molecular flexibility index (Phi) is 6.73. The van der Waals surface area contributed by atoms with Crippen LogP contribution in [0, 0.1) is 5.41 Å². The highest BCUT2D eigenvalue weighted by Crippen LogP contribution is 2.47. The van der Waals surface area contributed by atoms with E-state index in [1.54, 1.807) is 0 Å². The van der Waals surface area contributed by atoms with E-state index in [0.29, 0.717) is 5.41 Å². The van der Waals surface area contributed by atoms with Gasteiger partial charge in [0.05, 0.1) is 6.20 Å². The third kappa shape index (κ3) is 4.61. The predicted molar refractivity (Wildman–Crippen MR) is 105 cm³/mol. The molecule has 1 spiro atoms. The summed E-state index contributed by atoms with van der Waals surface area (Å²) in [5.41, 5.74) is 1.93. The van der Waals surface area contributed by atoms with Crippen LogP contribution in [0.4, 0.5) is 0 Å². The largest absolute Gasteiger partial charge is 0.357 e. The Labute approximate surface area is 156 Å². The quantitative estimate of drug-likeness (QED) is 0.338. The average Bonchev–Trinajstić information content (AvgIpc) is 3.08. The van der Waals surface area contributed by atoms with E-state index in [4.69, 9.17) is 4.99 Å². The first-order valence-electron chi connectivity index (χ1n) is 8.72. The summed E-state index contributed by atoms with van der Waals surface area (Å²) in [6.45, 7) is 6.38. The van der Waals surface area contributed by atoms with Gasteiger partial charge >= 0.3 is 0 Å². The zero-order valence-corrected chi connectivity index (χ0v) is 16.8. The first-order valence-corrected chi connectivity index (χ1v) is 8.72. The van der Waals surface area contributed by atoms with Crippen LogP contribution in [-0.4, -0.2) is 46.8 Å². The topological polar surface area (TPSA) is 45.5 Å². The standard InChI is InChI=1S/C17H29N5.HI/c1-3-18-16(22-11-9-17(14-22)7-5-8-17)19-10-4-6-15-12-20-21(2)13-15;/h12-13H,3-11,14H2,1-2H3,(H,18,19);1H. The van der Waals surface area contributed by atoms with Gasteiger partial charge in [-0.2, -0.15) is 5.10 Å². The second-order valence-corrected chi connectivity index (χ2v) is 6.89. The van der Waals surface area contributed by atoms with Gasteiger partial charge in [-0.3, -0.25) is 9.67 Å². The number of halogens is 1. The number of rotatable bonds is 5. The van der Waals surface area contributed by atoms with Crippen molar-refractivity contribution in [3.8, 4) is 0 Å². The molecule has 2 heterocycles. The van der Waals surface area contributed by atoms with Crippen LogP contribution in [0.2, 0.25) is 0 Å². The van der Waals surface area contributed by atoms with Crippen molar-refractivity contribution >= 4 is 29.9 Å². The highest BCUT2D eigenvalue weighted by Gasteiger charge is 2.43. The molecule has 130 valence electrons. The van der Waals surface area contributed by atoms with Crippen molar-refractivity contribution in [1.29, 1.82) is 0 Å². The summed E-state index contributed by atoms with van der Waals surface area (Å²) in [6, 6.07) is 0. The van der Waals surface area contributed by atoms with Crippen molar-refractivity contribution in [2.75, 3.05) is 26.2 Å². The monoisotopic (exact) mass is 431 g/mol. The van der Waals surface area contributed by atoms with E-state index in [-0.39, 0.29) is 24.0 Å². The second kappa shape index (κ2) is 8.35. The summed E-state index contributed by atoms with van der Waals surface area (Å²) < 4.78 is 1.87. The minimum atomic E-state index is 0. The molecule has 5 nitrogen and oxygen atoms in total. The molecule has 1 aromatic heterocycles. The average molecular weight is 431 g/mol. The first-order chi connectivity index (χ1) is 10.7. The van der Waals surface area contributed by atoms with Crippen molar-refractivity contribution in [1.82, 2.24) is 20.0 Å². The van der Waals surface area contributed by atoms with Gasteiger partial charge in [-0.1, -0.05) is 6.42 Å². The summed E-state index contributed by atoms with van der Waals surface area (Å²) in [4.78, 5) is 7.32. The molecule has 0 radical (unpaired) electrons. The van der Waals surface area contributed by atoms with E-state index in [9.17, 15) is 0 Å². The highest BCUT2D eigenvalue weighted by atomic mass is 127. The van der Waals surface area contributed by atoms with Crippen LogP contribution >= 0.6 is 24.0 Å². The zero-order valence-electron chi connectivity index (χ0n) is 14.4. The molecule has 1 aliphatic heterocycles. The summed E-state index contributed by atoms with van der Waals surface area (Å²) in [6.07, 6.45) is 11.8. The van der Waals surface area contributed by atoms with Crippen LogP contribution in [0.25, 0.3) is 0 Å². The Hall–Kier alpha value is -0.790. The number of nitrogens with one attached hydrogen (secondary N) is 1. The molecule has 1 saturated heterocycles. The lowest BCUT2D eigenvalue weighted by Gasteiger charge is -2.38. The van der Waals surface area contributed by atoms with Gasteiger partial charge in [-0.25, -0.2) is 0 Å². The van der Waals surface area contributed by atoms with Gasteiger partial charge in [0.15, 0.2) is 5.96 Å². The molecule has 3 rings (SSSR count). The van der Waals surface area contributed by atoms with Crippen LogP contribution < -0.4 is 5.32 Å². The molecule has 0 bridgehead atoms. The molecule has 0 amide bonds. The van der Waals surface area contributed by atoms with E-state index >= 15 is 0 Å². The first kappa shape index (κ1) is 18.5. The number of guanidine groups is 1. The molecule has 23 heavy (non-hydrogen) atoms. The Bertz CT molecular complexity index is 521. The number of aliphatic imine (C=N–C) groups is 1. The third-order valence-corrected chi connectivity index (χ3v) is 5.13. The van der Waals surface area contributed by atoms with Gasteiger partial charge in [0, 0.05) is 39.4 Å². The van der Waals surface area contributed by atoms with E-state index in [1.807, 2.05) is 17.9 Å². The van der Waals surface area contributed by atoms with E-state index in [0.717, 1.165) is 31.9 Å². The molecule has 1 aliphatic carbocycles. The molecular formula is C17H30IN5. The predicted octanol–water partition coefficient (Wildman–Crippen LogP) is 2.81. The van der Waals surface area contributed by atoms with Gasteiger partial charge < -0.3 is 10.2 Å². The normalized spacial score (nSPS) is 19.6. The van der Waals surface area contributed by atoms with Crippen molar-refractivity contribution in [3.63, 3.8) is 0 Å². The molecule has 6 heteroatoms. The van der Waals surface area contributed by atoms with Crippen LogP contribution in [0.1, 0.15) is 44.6 Å². The number of likely N-dealkylation sites (tertiary alicyclic amines) is 1. The minimum absolute atomic E-state index is 0. The zero-order chi connectivity index (χ0) is 15.4. The van der Waals surface area contributed by atoms with Crippen LogP contribution in [0.3, 0.4) is 0 Å². The fourth-order valence-electron chi connectivity index (χ4n) is 3.70. The fourth-order valence-corrected chi connectivity index (χ4v) is 3.70. The minimum Gasteiger partial charge on any atom is -0.357 e. The molecule has 1 saturated carbocycles. The molecular weight excluding hydrogens is 401 g/mol. The van der Waals surface area contributed by atoms with Gasteiger partial charge in [-0.05, 0) is 50.0 Å². The van der Waals surface area contributed by atoms with Gasteiger partial charge in [0.25, 0.3) is 0 Å².